The van der Waals surface area contributed by atoms with Gasteiger partial charge < -0.3 is 24.7 Å². The molecule has 2 heterocycles. The molecule has 1 aliphatic rings. The van der Waals surface area contributed by atoms with Crippen LogP contribution in [0.15, 0.2) is 58.3 Å². The number of hydrogen-bond donors (Lipinski definition) is 2. The van der Waals surface area contributed by atoms with Crippen LogP contribution in [0.3, 0.4) is 0 Å². The van der Waals surface area contributed by atoms with Crippen molar-refractivity contribution in [1.82, 2.24) is 10.2 Å². The molecule has 0 radical (unpaired) electrons. The van der Waals surface area contributed by atoms with Crippen molar-refractivity contribution < 1.29 is 18.7 Å². The lowest BCUT2D eigenvalue weighted by molar-refractivity contribution is -0.139. The SMILES string of the molecule is CCOC(=O)C1=C(C)N(CC)C(=S)NC1c1ccc(NC(=O)c2ccco2)cc1. The van der Waals surface area contributed by atoms with Crippen molar-refractivity contribution >= 4 is 34.9 Å². The van der Waals surface area contributed by atoms with Crippen LogP contribution in [0.2, 0.25) is 0 Å². The topological polar surface area (TPSA) is 83.8 Å². The second-order valence-electron chi connectivity index (χ2n) is 6.40. The Kier molecular flexibility index (Phi) is 6.33. The van der Waals surface area contributed by atoms with E-state index in [2.05, 4.69) is 10.6 Å². The number of ether oxygens (including phenoxy) is 1. The lowest BCUT2D eigenvalue weighted by Gasteiger charge is -2.37. The second kappa shape index (κ2) is 8.91. The van der Waals surface area contributed by atoms with E-state index in [9.17, 15) is 9.59 Å². The van der Waals surface area contributed by atoms with Crippen LogP contribution < -0.4 is 10.6 Å². The van der Waals surface area contributed by atoms with Crippen molar-refractivity contribution in [2.24, 2.45) is 0 Å². The van der Waals surface area contributed by atoms with E-state index in [4.69, 9.17) is 21.4 Å². The first-order valence-electron chi connectivity index (χ1n) is 9.37. The Balaban J connectivity index is 1.87. The first-order chi connectivity index (χ1) is 14.0. The van der Waals surface area contributed by atoms with Gasteiger partial charge in [0.05, 0.1) is 24.5 Å². The molecule has 1 aromatic carbocycles. The number of carbonyl (C=O) groups excluding carboxylic acids is 2. The molecule has 7 nitrogen and oxygen atoms in total. The van der Waals surface area contributed by atoms with Gasteiger partial charge in [-0.15, -0.1) is 0 Å². The summed E-state index contributed by atoms with van der Waals surface area (Å²) in [5.41, 5.74) is 2.74. The number of nitrogens with one attached hydrogen (secondary N) is 2. The summed E-state index contributed by atoms with van der Waals surface area (Å²) >= 11 is 5.47. The molecule has 0 fully saturated rings. The van der Waals surface area contributed by atoms with E-state index in [1.165, 1.54) is 6.26 Å². The number of allylic oxidation sites excluding steroid dienone is 1. The summed E-state index contributed by atoms with van der Waals surface area (Å²) in [4.78, 5) is 26.6. The van der Waals surface area contributed by atoms with Gasteiger partial charge in [-0.2, -0.15) is 0 Å². The number of benzene rings is 1. The van der Waals surface area contributed by atoms with Crippen LogP contribution in [0.1, 0.15) is 42.9 Å². The molecule has 0 aliphatic carbocycles. The molecule has 8 heteroatoms. The third-order valence-corrected chi connectivity index (χ3v) is 4.99. The number of hydrogen-bond acceptors (Lipinski definition) is 5. The van der Waals surface area contributed by atoms with E-state index in [1.807, 2.05) is 30.9 Å². The summed E-state index contributed by atoms with van der Waals surface area (Å²) in [6.45, 7) is 6.55. The Morgan fingerprint density at radius 2 is 1.97 bits per heavy atom. The number of thiocarbonyl (C=S) groups is 1. The van der Waals surface area contributed by atoms with E-state index in [0.29, 0.717) is 22.9 Å². The van der Waals surface area contributed by atoms with Crippen LogP contribution in [0.25, 0.3) is 0 Å². The van der Waals surface area contributed by atoms with E-state index >= 15 is 0 Å². The zero-order chi connectivity index (χ0) is 21.0. The number of nitrogens with zero attached hydrogens (tertiary/aromatic N) is 1. The smallest absolute Gasteiger partial charge is 0.338 e. The predicted octanol–water partition coefficient (Wildman–Crippen LogP) is 3.62. The van der Waals surface area contributed by atoms with Gasteiger partial charge in [-0.05, 0) is 62.8 Å². The van der Waals surface area contributed by atoms with Gasteiger partial charge >= 0.3 is 5.97 Å². The molecule has 152 valence electrons. The highest BCUT2D eigenvalue weighted by Gasteiger charge is 2.34. The summed E-state index contributed by atoms with van der Waals surface area (Å²) in [6, 6.07) is 10.0. The molecule has 1 atom stereocenters. The average molecular weight is 413 g/mol. The van der Waals surface area contributed by atoms with Crippen LogP contribution in [-0.4, -0.2) is 35.0 Å². The zero-order valence-electron chi connectivity index (χ0n) is 16.5. The normalized spacial score (nSPS) is 16.4. The van der Waals surface area contributed by atoms with Gasteiger partial charge in [0.2, 0.25) is 0 Å². The minimum Gasteiger partial charge on any atom is -0.463 e. The number of esters is 1. The van der Waals surface area contributed by atoms with Crippen molar-refractivity contribution in [2.45, 2.75) is 26.8 Å². The third kappa shape index (κ3) is 4.32. The van der Waals surface area contributed by atoms with Gasteiger partial charge in [0.25, 0.3) is 5.91 Å². The summed E-state index contributed by atoms with van der Waals surface area (Å²) in [6.07, 6.45) is 1.45. The van der Waals surface area contributed by atoms with Gasteiger partial charge in [-0.3, -0.25) is 4.79 Å². The summed E-state index contributed by atoms with van der Waals surface area (Å²) in [5, 5.41) is 6.56. The highest BCUT2D eigenvalue weighted by Crippen LogP contribution is 2.32. The molecule has 2 aromatic rings. The molecular formula is C21H23N3O4S. The van der Waals surface area contributed by atoms with Crippen LogP contribution >= 0.6 is 12.2 Å². The summed E-state index contributed by atoms with van der Waals surface area (Å²) in [7, 11) is 0. The molecule has 2 N–H and O–H groups in total. The largest absolute Gasteiger partial charge is 0.463 e. The number of amides is 1. The third-order valence-electron chi connectivity index (χ3n) is 4.65. The average Bonchev–Trinajstić information content (AvgIpc) is 3.23. The van der Waals surface area contributed by atoms with Gasteiger partial charge in [0, 0.05) is 17.9 Å². The summed E-state index contributed by atoms with van der Waals surface area (Å²) in [5.74, 6) is -0.476. The Morgan fingerprint density at radius 3 is 2.55 bits per heavy atom. The standard InChI is InChI=1S/C21H23N3O4S/c1-4-24-13(3)17(20(26)27-5-2)18(23-21(24)29)14-8-10-15(11-9-14)22-19(25)16-7-6-12-28-16/h6-12,18H,4-5H2,1-3H3,(H,22,25)(H,23,29). The van der Waals surface area contributed by atoms with E-state index in [-0.39, 0.29) is 24.2 Å². The lowest BCUT2D eigenvalue weighted by atomic mass is 9.95. The van der Waals surface area contributed by atoms with Gasteiger partial charge in [-0.25, -0.2) is 4.79 Å². The monoisotopic (exact) mass is 413 g/mol. The maximum absolute atomic E-state index is 12.6. The van der Waals surface area contributed by atoms with Crippen LogP contribution in [0, 0.1) is 0 Å². The Labute approximate surface area is 174 Å². The lowest BCUT2D eigenvalue weighted by Crippen LogP contribution is -2.47. The molecule has 3 rings (SSSR count). The molecule has 0 saturated carbocycles. The van der Waals surface area contributed by atoms with E-state index < -0.39 is 6.04 Å². The minimum absolute atomic E-state index is 0.233. The van der Waals surface area contributed by atoms with Crippen molar-refractivity contribution in [3.63, 3.8) is 0 Å². The second-order valence-corrected chi connectivity index (χ2v) is 6.79. The van der Waals surface area contributed by atoms with Crippen LogP contribution in [0.4, 0.5) is 5.69 Å². The Bertz CT molecular complexity index is 935. The number of anilines is 1. The predicted molar refractivity (Wildman–Crippen MR) is 113 cm³/mol. The number of furan rings is 1. The van der Waals surface area contributed by atoms with Crippen molar-refractivity contribution in [3.05, 3.63) is 65.3 Å². The minimum atomic E-state index is -0.431. The molecular weight excluding hydrogens is 390 g/mol. The fraction of sp³-hybridized carbons (Fsp3) is 0.286. The molecule has 0 saturated heterocycles. The van der Waals surface area contributed by atoms with Crippen molar-refractivity contribution in [1.29, 1.82) is 0 Å². The summed E-state index contributed by atoms with van der Waals surface area (Å²) < 4.78 is 10.4. The highest BCUT2D eigenvalue weighted by atomic mass is 32.1. The van der Waals surface area contributed by atoms with Crippen molar-refractivity contribution in [2.75, 3.05) is 18.5 Å². The van der Waals surface area contributed by atoms with E-state index in [1.54, 1.807) is 31.2 Å². The Hall–Kier alpha value is -3.13. The fourth-order valence-electron chi connectivity index (χ4n) is 3.24. The van der Waals surface area contributed by atoms with E-state index in [0.717, 1.165) is 11.3 Å². The van der Waals surface area contributed by atoms with Crippen LogP contribution in [0.5, 0.6) is 0 Å². The maximum atomic E-state index is 12.6. The fourth-order valence-corrected chi connectivity index (χ4v) is 3.63. The molecule has 1 unspecified atom stereocenters. The maximum Gasteiger partial charge on any atom is 0.338 e. The number of carbonyl (C=O) groups is 2. The Morgan fingerprint density at radius 1 is 1.24 bits per heavy atom. The first kappa shape index (κ1) is 20.6. The zero-order valence-corrected chi connectivity index (χ0v) is 17.3. The molecule has 0 spiro atoms. The number of rotatable bonds is 6. The molecule has 29 heavy (non-hydrogen) atoms. The molecule has 1 aliphatic heterocycles. The molecule has 0 bridgehead atoms. The quantitative estimate of drug-likeness (QED) is 0.553. The van der Waals surface area contributed by atoms with Crippen molar-refractivity contribution in [3.8, 4) is 0 Å². The highest BCUT2D eigenvalue weighted by molar-refractivity contribution is 7.80. The molecule has 1 amide bonds. The van der Waals surface area contributed by atoms with Gasteiger partial charge in [0.15, 0.2) is 10.9 Å². The first-order valence-corrected chi connectivity index (χ1v) is 9.77. The molecule has 1 aromatic heterocycles. The van der Waals surface area contributed by atoms with Gasteiger partial charge in [0.1, 0.15) is 0 Å². The van der Waals surface area contributed by atoms with Gasteiger partial charge in [-0.1, -0.05) is 12.1 Å². The van der Waals surface area contributed by atoms with Crippen LogP contribution in [-0.2, 0) is 9.53 Å².